The smallest absolute Gasteiger partial charge is 0.413 e. The highest BCUT2D eigenvalue weighted by Gasteiger charge is 2.32. The van der Waals surface area contributed by atoms with E-state index in [0.29, 0.717) is 13.1 Å². The van der Waals surface area contributed by atoms with Crippen LogP contribution in [0.5, 0.6) is 0 Å². The third-order valence-corrected chi connectivity index (χ3v) is 5.94. The van der Waals surface area contributed by atoms with Crippen molar-refractivity contribution < 1.29 is 27.1 Å². The van der Waals surface area contributed by atoms with Gasteiger partial charge in [-0.1, -0.05) is 6.07 Å². The van der Waals surface area contributed by atoms with Crippen LogP contribution < -0.4 is 5.32 Å². The monoisotopic (exact) mass is 373 g/mol. The summed E-state index contributed by atoms with van der Waals surface area (Å²) in [7, 11) is -2.63. The predicted molar refractivity (Wildman–Crippen MR) is 86.7 cm³/mol. The van der Waals surface area contributed by atoms with Crippen molar-refractivity contribution in [3.63, 3.8) is 0 Å². The van der Waals surface area contributed by atoms with E-state index >= 15 is 0 Å². The maximum absolute atomic E-state index is 13.3. The van der Waals surface area contributed by atoms with E-state index in [0.717, 1.165) is 13.2 Å². The van der Waals surface area contributed by atoms with Crippen LogP contribution in [0.1, 0.15) is 6.92 Å². The molecule has 1 heterocycles. The molecular weight excluding hydrogens is 353 g/mol. The Morgan fingerprint density at radius 2 is 1.88 bits per heavy atom. The molecule has 1 fully saturated rings. The van der Waals surface area contributed by atoms with Crippen LogP contribution in [-0.4, -0.2) is 69.0 Å². The Labute approximate surface area is 145 Å². The number of carbonyl (C=O) groups is 2. The Hall–Kier alpha value is -2.04. The highest BCUT2D eigenvalue weighted by Crippen LogP contribution is 2.19. The number of nitrogens with zero attached hydrogens (tertiary/aromatic N) is 2. The minimum atomic E-state index is -3.78. The van der Waals surface area contributed by atoms with E-state index < -0.39 is 33.9 Å². The van der Waals surface area contributed by atoms with Crippen LogP contribution >= 0.6 is 0 Å². The number of rotatable bonds is 4. The summed E-state index contributed by atoms with van der Waals surface area (Å²) in [5.74, 6) is -1.14. The van der Waals surface area contributed by atoms with Gasteiger partial charge in [0.05, 0.1) is 18.0 Å². The zero-order valence-electron chi connectivity index (χ0n) is 13.9. The lowest BCUT2D eigenvalue weighted by Crippen LogP contribution is -2.55. The van der Waals surface area contributed by atoms with E-state index in [1.54, 1.807) is 11.8 Å². The number of hydrogen-bond acceptors (Lipinski definition) is 6. The molecule has 2 rings (SSSR count). The molecule has 0 aliphatic carbocycles. The average Bonchev–Trinajstić information content (AvgIpc) is 2.61. The van der Waals surface area contributed by atoms with Crippen molar-refractivity contribution in [1.82, 2.24) is 14.5 Å². The van der Waals surface area contributed by atoms with Crippen LogP contribution in [0.2, 0.25) is 0 Å². The molecule has 1 atom stereocenters. The number of imide groups is 1. The molecule has 1 aromatic carbocycles. The number of carbonyl (C=O) groups excluding carboxylic acids is 2. The molecule has 2 amide bonds. The topological polar surface area (TPSA) is 96.0 Å². The second kappa shape index (κ2) is 7.89. The number of piperazine rings is 1. The molecular formula is C15H20FN3O5S. The fourth-order valence-electron chi connectivity index (χ4n) is 2.53. The highest BCUT2D eigenvalue weighted by atomic mass is 32.2. The molecule has 138 valence electrons. The summed E-state index contributed by atoms with van der Waals surface area (Å²) in [6, 6.07) is 4.24. The van der Waals surface area contributed by atoms with Gasteiger partial charge in [-0.3, -0.25) is 15.0 Å². The minimum absolute atomic E-state index is 0.0996. The summed E-state index contributed by atoms with van der Waals surface area (Å²) in [6.45, 7) is 2.56. The Morgan fingerprint density at radius 1 is 1.24 bits per heavy atom. The summed E-state index contributed by atoms with van der Waals surface area (Å²) in [4.78, 5) is 24.7. The Kier molecular flexibility index (Phi) is 6.09. The normalized spacial score (nSPS) is 17.7. The average molecular weight is 373 g/mol. The summed E-state index contributed by atoms with van der Waals surface area (Å²) in [5, 5.41) is 2.08. The predicted octanol–water partition coefficient (Wildman–Crippen LogP) is 0.403. The quantitative estimate of drug-likeness (QED) is 0.821. The van der Waals surface area contributed by atoms with Crippen molar-refractivity contribution in [3.8, 4) is 0 Å². The van der Waals surface area contributed by atoms with Gasteiger partial charge in [-0.2, -0.15) is 4.31 Å². The molecule has 1 aliphatic rings. The van der Waals surface area contributed by atoms with E-state index in [9.17, 15) is 22.4 Å². The van der Waals surface area contributed by atoms with Gasteiger partial charge in [0.15, 0.2) is 0 Å². The van der Waals surface area contributed by atoms with Crippen LogP contribution in [0.4, 0.5) is 9.18 Å². The lowest BCUT2D eigenvalue weighted by atomic mass is 10.2. The van der Waals surface area contributed by atoms with E-state index in [1.165, 1.54) is 22.5 Å². The molecule has 0 bridgehead atoms. The number of alkyl carbamates (subject to hydrolysis) is 1. The first-order valence-electron chi connectivity index (χ1n) is 7.64. The van der Waals surface area contributed by atoms with E-state index in [2.05, 4.69) is 10.1 Å². The minimum Gasteiger partial charge on any atom is -0.453 e. The molecule has 1 aliphatic heterocycles. The molecule has 10 heteroatoms. The molecule has 0 aromatic heterocycles. The lowest BCUT2D eigenvalue weighted by molar-refractivity contribution is -0.125. The summed E-state index contributed by atoms with van der Waals surface area (Å²) >= 11 is 0. The van der Waals surface area contributed by atoms with Crippen molar-refractivity contribution in [2.75, 3.05) is 33.3 Å². The maximum Gasteiger partial charge on any atom is 0.413 e. The van der Waals surface area contributed by atoms with Crippen LogP contribution in [-0.2, 0) is 19.6 Å². The molecule has 8 nitrogen and oxygen atoms in total. The molecule has 1 saturated heterocycles. The zero-order chi connectivity index (χ0) is 18.6. The van der Waals surface area contributed by atoms with Crippen molar-refractivity contribution in [3.05, 3.63) is 30.1 Å². The first kappa shape index (κ1) is 19.3. The van der Waals surface area contributed by atoms with Gasteiger partial charge in [-0.25, -0.2) is 17.6 Å². The van der Waals surface area contributed by atoms with Gasteiger partial charge in [-0.15, -0.1) is 0 Å². The third-order valence-electron chi connectivity index (χ3n) is 4.04. The van der Waals surface area contributed by atoms with Gasteiger partial charge in [0, 0.05) is 26.2 Å². The molecule has 0 spiro atoms. The van der Waals surface area contributed by atoms with Gasteiger partial charge in [0.1, 0.15) is 5.82 Å². The van der Waals surface area contributed by atoms with Crippen molar-refractivity contribution in [2.24, 2.45) is 0 Å². The Bertz CT molecular complexity index is 747. The number of methoxy groups -OCH3 is 1. The molecule has 0 radical (unpaired) electrons. The molecule has 0 saturated carbocycles. The lowest BCUT2D eigenvalue weighted by Gasteiger charge is -2.36. The first-order valence-corrected chi connectivity index (χ1v) is 9.08. The van der Waals surface area contributed by atoms with Gasteiger partial charge < -0.3 is 4.74 Å². The van der Waals surface area contributed by atoms with Crippen LogP contribution in [0, 0.1) is 5.82 Å². The van der Waals surface area contributed by atoms with Gasteiger partial charge in [0.2, 0.25) is 15.9 Å². The Morgan fingerprint density at radius 3 is 2.44 bits per heavy atom. The number of hydrogen-bond donors (Lipinski definition) is 1. The second-order valence-electron chi connectivity index (χ2n) is 5.55. The van der Waals surface area contributed by atoms with Gasteiger partial charge in [0.25, 0.3) is 0 Å². The maximum atomic E-state index is 13.3. The molecule has 1 aromatic rings. The van der Waals surface area contributed by atoms with Crippen molar-refractivity contribution in [1.29, 1.82) is 0 Å². The number of sulfonamides is 1. The number of amides is 2. The molecule has 0 unspecified atom stereocenters. The van der Waals surface area contributed by atoms with Crippen LogP contribution in [0.15, 0.2) is 29.2 Å². The van der Waals surface area contributed by atoms with E-state index in [4.69, 9.17) is 0 Å². The van der Waals surface area contributed by atoms with Crippen LogP contribution in [0.3, 0.4) is 0 Å². The van der Waals surface area contributed by atoms with Crippen LogP contribution in [0.25, 0.3) is 0 Å². The fraction of sp³-hybridized carbons (Fsp3) is 0.467. The standard InChI is InChI=1S/C15H20FN3O5S/c1-11(14(20)17-15(21)24-2)18-6-8-19(9-7-18)25(22,23)13-5-3-4-12(16)10-13/h3-5,10-11H,6-9H2,1-2H3,(H,17,20,21)/t11-/m1/s1. The number of ether oxygens (including phenoxy) is 1. The third kappa shape index (κ3) is 4.53. The summed E-state index contributed by atoms with van der Waals surface area (Å²) in [6.07, 6.45) is -0.843. The highest BCUT2D eigenvalue weighted by molar-refractivity contribution is 7.89. The second-order valence-corrected chi connectivity index (χ2v) is 7.49. The van der Waals surface area contributed by atoms with Gasteiger partial charge >= 0.3 is 6.09 Å². The number of nitrogens with one attached hydrogen (secondary N) is 1. The summed E-state index contributed by atoms with van der Waals surface area (Å²) in [5.41, 5.74) is 0. The number of halogens is 1. The zero-order valence-corrected chi connectivity index (χ0v) is 14.8. The van der Waals surface area contributed by atoms with Crippen molar-refractivity contribution in [2.45, 2.75) is 17.9 Å². The van der Waals surface area contributed by atoms with E-state index in [-0.39, 0.29) is 18.0 Å². The Balaban J connectivity index is 1.99. The SMILES string of the molecule is COC(=O)NC(=O)[C@@H](C)N1CCN(S(=O)(=O)c2cccc(F)c2)CC1. The van der Waals surface area contributed by atoms with E-state index in [1.807, 2.05) is 0 Å². The van der Waals surface area contributed by atoms with Gasteiger partial charge in [-0.05, 0) is 25.1 Å². The van der Waals surface area contributed by atoms with Crippen molar-refractivity contribution >= 4 is 22.0 Å². The summed E-state index contributed by atoms with van der Waals surface area (Å²) < 4.78 is 44.0. The number of benzene rings is 1. The first-order chi connectivity index (χ1) is 11.8. The molecule has 1 N–H and O–H groups in total. The molecule has 25 heavy (non-hydrogen) atoms. The largest absolute Gasteiger partial charge is 0.453 e. The fourth-order valence-corrected chi connectivity index (χ4v) is 3.98.